The Kier molecular flexibility index (Phi) is 7.57. The summed E-state index contributed by atoms with van der Waals surface area (Å²) in [5, 5.41) is 11.3. The zero-order chi connectivity index (χ0) is 14.8. The minimum absolute atomic E-state index is 0.113. The zero-order valence-corrected chi connectivity index (χ0v) is 12.2. The Balaban J connectivity index is 2.49. The summed E-state index contributed by atoms with van der Waals surface area (Å²) >= 11 is 1.58. The van der Waals surface area contributed by atoms with Crippen LogP contribution in [0.15, 0.2) is 24.3 Å². The van der Waals surface area contributed by atoms with Crippen molar-refractivity contribution in [2.75, 3.05) is 23.4 Å². The molecule has 0 spiro atoms. The van der Waals surface area contributed by atoms with E-state index in [0.717, 1.165) is 18.6 Å². The number of aliphatic carboxylic acids is 1. The highest BCUT2D eigenvalue weighted by Gasteiger charge is 2.08. The number of rotatable bonds is 9. The van der Waals surface area contributed by atoms with Crippen LogP contribution in [-0.4, -0.2) is 35.1 Å². The van der Waals surface area contributed by atoms with E-state index < -0.39 is 12.6 Å². The van der Waals surface area contributed by atoms with Crippen LogP contribution in [0.5, 0.6) is 5.75 Å². The normalized spacial score (nSPS) is 10.1. The van der Waals surface area contributed by atoms with Gasteiger partial charge in [0, 0.05) is 0 Å². The number of hydrogen-bond acceptors (Lipinski definition) is 4. The Morgan fingerprint density at radius 3 is 2.80 bits per heavy atom. The fourth-order valence-corrected chi connectivity index (χ4v) is 2.33. The van der Waals surface area contributed by atoms with Crippen LogP contribution in [0, 0.1) is 0 Å². The number of carbonyl (C=O) groups is 2. The number of carbonyl (C=O) groups excluding carboxylic acids is 1. The molecule has 1 aromatic rings. The maximum atomic E-state index is 11.8. The summed E-state index contributed by atoms with van der Waals surface area (Å²) in [6, 6.07) is 6.80. The molecule has 5 nitrogen and oxygen atoms in total. The minimum atomic E-state index is -1.05. The lowest BCUT2D eigenvalue weighted by Crippen LogP contribution is -2.16. The largest absolute Gasteiger partial charge is 0.480 e. The highest BCUT2D eigenvalue weighted by Crippen LogP contribution is 2.23. The fraction of sp³-hybridized carbons (Fsp3) is 0.429. The molecule has 0 saturated carbocycles. The Bertz CT molecular complexity index is 451. The van der Waals surface area contributed by atoms with Gasteiger partial charge < -0.3 is 15.2 Å². The van der Waals surface area contributed by atoms with Gasteiger partial charge in [0.15, 0.2) is 6.61 Å². The SMILES string of the molecule is CCCCSCC(=O)Nc1ccccc1OCC(=O)O. The molecule has 0 bridgehead atoms. The van der Waals surface area contributed by atoms with Crippen LogP contribution in [0.2, 0.25) is 0 Å². The summed E-state index contributed by atoms with van der Waals surface area (Å²) in [7, 11) is 0. The molecule has 0 unspecified atom stereocenters. The molecule has 6 heteroatoms. The molecule has 0 aliphatic carbocycles. The molecule has 2 N–H and O–H groups in total. The van der Waals surface area contributed by atoms with Gasteiger partial charge in [-0.3, -0.25) is 4.79 Å². The third-order valence-corrected chi connectivity index (χ3v) is 3.43. The second kappa shape index (κ2) is 9.25. The number of ether oxygens (including phenoxy) is 1. The van der Waals surface area contributed by atoms with Gasteiger partial charge in [0.05, 0.1) is 11.4 Å². The Labute approximate surface area is 122 Å². The standard InChI is InChI=1S/C14H19NO4S/c1-2-3-8-20-10-13(16)15-11-6-4-5-7-12(11)19-9-14(17)18/h4-7H,2-3,8-10H2,1H3,(H,15,16)(H,17,18). The maximum absolute atomic E-state index is 11.8. The molecule has 0 aliphatic heterocycles. The van der Waals surface area contributed by atoms with Crippen LogP contribution in [-0.2, 0) is 9.59 Å². The van der Waals surface area contributed by atoms with Crippen molar-refractivity contribution in [1.82, 2.24) is 0 Å². The van der Waals surface area contributed by atoms with Gasteiger partial charge >= 0.3 is 5.97 Å². The van der Waals surface area contributed by atoms with Crippen molar-refractivity contribution < 1.29 is 19.4 Å². The molecule has 0 heterocycles. The van der Waals surface area contributed by atoms with Gasteiger partial charge in [-0.25, -0.2) is 4.79 Å². The van der Waals surface area contributed by atoms with Gasteiger partial charge in [0.1, 0.15) is 5.75 Å². The van der Waals surface area contributed by atoms with E-state index in [1.165, 1.54) is 0 Å². The van der Waals surface area contributed by atoms with Crippen molar-refractivity contribution in [2.45, 2.75) is 19.8 Å². The number of thioether (sulfide) groups is 1. The van der Waals surface area contributed by atoms with Crippen molar-refractivity contribution in [2.24, 2.45) is 0 Å². The minimum Gasteiger partial charge on any atom is -0.480 e. The number of unbranched alkanes of at least 4 members (excludes halogenated alkanes) is 1. The summed E-state index contributed by atoms with van der Waals surface area (Å²) in [5.41, 5.74) is 0.495. The predicted molar refractivity (Wildman–Crippen MR) is 80.4 cm³/mol. The fourth-order valence-electron chi connectivity index (χ4n) is 1.43. The van der Waals surface area contributed by atoms with Crippen LogP contribution in [0.25, 0.3) is 0 Å². The summed E-state index contributed by atoms with van der Waals surface area (Å²) in [5.74, 6) is 0.537. The smallest absolute Gasteiger partial charge is 0.341 e. The average molecular weight is 297 g/mol. The second-order valence-electron chi connectivity index (χ2n) is 4.13. The van der Waals surface area contributed by atoms with Crippen LogP contribution in [0.1, 0.15) is 19.8 Å². The van der Waals surface area contributed by atoms with Gasteiger partial charge in [-0.2, -0.15) is 11.8 Å². The van der Waals surface area contributed by atoms with Crippen molar-refractivity contribution >= 4 is 29.3 Å². The third-order valence-electron chi connectivity index (χ3n) is 2.39. The predicted octanol–water partition coefficient (Wildman–Crippen LogP) is 2.62. The topological polar surface area (TPSA) is 75.6 Å². The van der Waals surface area contributed by atoms with E-state index in [-0.39, 0.29) is 5.91 Å². The number of carboxylic acids is 1. The van der Waals surface area contributed by atoms with E-state index in [1.54, 1.807) is 36.0 Å². The molecule has 0 aliphatic rings. The molecule has 1 rings (SSSR count). The maximum Gasteiger partial charge on any atom is 0.341 e. The highest BCUT2D eigenvalue weighted by atomic mass is 32.2. The van der Waals surface area contributed by atoms with Crippen molar-refractivity contribution in [3.05, 3.63) is 24.3 Å². The van der Waals surface area contributed by atoms with E-state index in [2.05, 4.69) is 12.2 Å². The quantitative estimate of drug-likeness (QED) is 0.685. The number of carboxylic acid groups (broad SMARTS) is 1. The van der Waals surface area contributed by atoms with Crippen LogP contribution >= 0.6 is 11.8 Å². The van der Waals surface area contributed by atoms with Gasteiger partial charge in [-0.05, 0) is 24.3 Å². The average Bonchev–Trinajstić information content (AvgIpc) is 2.42. The van der Waals surface area contributed by atoms with Crippen LogP contribution in [0.3, 0.4) is 0 Å². The number of benzene rings is 1. The zero-order valence-electron chi connectivity index (χ0n) is 11.4. The molecule has 1 aromatic carbocycles. The van der Waals surface area contributed by atoms with Crippen LogP contribution in [0.4, 0.5) is 5.69 Å². The van der Waals surface area contributed by atoms with E-state index in [1.807, 2.05) is 0 Å². The molecule has 0 saturated heterocycles. The van der Waals surface area contributed by atoms with E-state index in [0.29, 0.717) is 17.2 Å². The monoisotopic (exact) mass is 297 g/mol. The Morgan fingerprint density at radius 2 is 2.10 bits per heavy atom. The van der Waals surface area contributed by atoms with E-state index >= 15 is 0 Å². The molecule has 0 atom stereocenters. The van der Waals surface area contributed by atoms with Crippen molar-refractivity contribution in [1.29, 1.82) is 0 Å². The van der Waals surface area contributed by atoms with Crippen molar-refractivity contribution in [3.63, 3.8) is 0 Å². The van der Waals surface area contributed by atoms with Gasteiger partial charge in [0.2, 0.25) is 5.91 Å². The van der Waals surface area contributed by atoms with Gasteiger partial charge in [0.25, 0.3) is 0 Å². The molecular weight excluding hydrogens is 278 g/mol. The summed E-state index contributed by atoms with van der Waals surface area (Å²) in [6.07, 6.45) is 2.21. The molecular formula is C14H19NO4S. The van der Waals surface area contributed by atoms with Gasteiger partial charge in [-0.1, -0.05) is 25.5 Å². The van der Waals surface area contributed by atoms with Crippen LogP contribution < -0.4 is 10.1 Å². The Hall–Kier alpha value is -1.69. The molecule has 0 aromatic heterocycles. The number of nitrogens with one attached hydrogen (secondary N) is 1. The first-order valence-electron chi connectivity index (χ1n) is 6.44. The summed E-state index contributed by atoms with van der Waals surface area (Å²) in [6.45, 7) is 1.68. The first kappa shape index (κ1) is 16.4. The molecule has 0 radical (unpaired) electrons. The van der Waals surface area contributed by atoms with E-state index in [9.17, 15) is 9.59 Å². The highest BCUT2D eigenvalue weighted by molar-refractivity contribution is 7.99. The second-order valence-corrected chi connectivity index (χ2v) is 5.24. The number of para-hydroxylation sites is 2. The Morgan fingerprint density at radius 1 is 1.35 bits per heavy atom. The lowest BCUT2D eigenvalue weighted by Gasteiger charge is -2.11. The lowest BCUT2D eigenvalue weighted by molar-refractivity contribution is -0.139. The molecule has 0 fully saturated rings. The molecule has 110 valence electrons. The van der Waals surface area contributed by atoms with Gasteiger partial charge in [-0.15, -0.1) is 0 Å². The van der Waals surface area contributed by atoms with E-state index in [4.69, 9.17) is 9.84 Å². The first-order chi connectivity index (χ1) is 9.63. The number of hydrogen-bond donors (Lipinski definition) is 2. The summed E-state index contributed by atoms with van der Waals surface area (Å²) < 4.78 is 5.12. The number of amides is 1. The summed E-state index contributed by atoms with van der Waals surface area (Å²) in [4.78, 5) is 22.3. The van der Waals surface area contributed by atoms with Crippen molar-refractivity contribution in [3.8, 4) is 5.75 Å². The first-order valence-corrected chi connectivity index (χ1v) is 7.60. The third kappa shape index (κ3) is 6.47. The molecule has 1 amide bonds. The molecule has 20 heavy (non-hydrogen) atoms. The lowest BCUT2D eigenvalue weighted by atomic mass is 10.3. The number of anilines is 1.